The van der Waals surface area contributed by atoms with E-state index in [0.717, 1.165) is 29.6 Å². The van der Waals surface area contributed by atoms with Gasteiger partial charge >= 0.3 is 5.97 Å². The van der Waals surface area contributed by atoms with E-state index in [9.17, 15) is 14.3 Å². The summed E-state index contributed by atoms with van der Waals surface area (Å²) in [6, 6.07) is 18.0. The first-order chi connectivity index (χ1) is 19.4. The zero-order valence-electron chi connectivity index (χ0n) is 21.1. The molecule has 1 saturated heterocycles. The Morgan fingerprint density at radius 1 is 1.10 bits per heavy atom. The Balaban J connectivity index is 1.20. The highest BCUT2D eigenvalue weighted by Gasteiger charge is 2.26. The minimum Gasteiger partial charge on any atom is -0.477 e. The summed E-state index contributed by atoms with van der Waals surface area (Å²) in [6.07, 6.45) is 2.78. The topological polar surface area (TPSA) is 112 Å². The van der Waals surface area contributed by atoms with Gasteiger partial charge in [0, 0.05) is 47.6 Å². The van der Waals surface area contributed by atoms with Crippen LogP contribution in [0.15, 0.2) is 66.9 Å². The molecule has 0 spiro atoms. The Morgan fingerprint density at radius 3 is 2.65 bits per heavy atom. The van der Waals surface area contributed by atoms with Crippen molar-refractivity contribution >= 4 is 37.8 Å². The highest BCUT2D eigenvalue weighted by atomic mass is 35.5. The van der Waals surface area contributed by atoms with Crippen LogP contribution in [0.2, 0.25) is 11.1 Å². The second-order valence-corrected chi connectivity index (χ2v) is 11.8. The Hall–Kier alpha value is -4.19. The van der Waals surface area contributed by atoms with Crippen molar-refractivity contribution in [3.05, 3.63) is 100 Å². The van der Waals surface area contributed by atoms with Crippen LogP contribution in [-0.2, 0) is 23.6 Å². The molecular formula is C28H22ClFN5O4Si. The first kappa shape index (κ1) is 26.1. The number of carboxylic acids is 1. The van der Waals surface area contributed by atoms with Crippen molar-refractivity contribution in [2.45, 2.75) is 25.2 Å². The van der Waals surface area contributed by atoms with E-state index >= 15 is 0 Å². The molecule has 0 amide bonds. The quantitative estimate of drug-likeness (QED) is 0.242. The molecule has 9 nitrogen and oxygen atoms in total. The van der Waals surface area contributed by atoms with Crippen LogP contribution in [0.5, 0.6) is 5.88 Å². The molecule has 0 bridgehead atoms. The van der Waals surface area contributed by atoms with Crippen LogP contribution in [-0.4, -0.2) is 51.2 Å². The number of ether oxygens (including phenoxy) is 1. The molecule has 1 aliphatic heterocycles. The molecule has 12 heteroatoms. The Morgan fingerprint density at radius 2 is 1.93 bits per heavy atom. The minimum absolute atomic E-state index is 0.0101. The lowest BCUT2D eigenvalue weighted by Gasteiger charge is -2.25. The van der Waals surface area contributed by atoms with E-state index in [0.29, 0.717) is 46.0 Å². The number of carbonyl (C=O) groups is 1. The second-order valence-electron chi connectivity index (χ2n) is 9.21. The molecule has 1 radical (unpaired) electrons. The number of benzene rings is 2. The average molecular weight is 575 g/mol. The van der Waals surface area contributed by atoms with Gasteiger partial charge in [-0.05, 0) is 35.9 Å². The SMILES string of the molecule is O=C(O)c1ccc2nc(Cc3ccc(-c4nccc(OCc5ccc(Cl)cc5F)n4)cc3)n(C[Si]3CCO3)c2n1. The summed E-state index contributed by atoms with van der Waals surface area (Å²) >= 11 is 5.82. The van der Waals surface area contributed by atoms with Crippen LogP contribution in [0.25, 0.3) is 22.6 Å². The number of hydrogen-bond donors (Lipinski definition) is 1. The standard InChI is InChI=1S/C28H22ClFN5O4Si/c29-20-6-5-19(21(30)14-20)15-38-25-9-10-31-26(34-25)18-3-1-17(2-4-18)13-24-32-22-7-8-23(28(36)37)33-27(22)35(24)16-40-12-11-39-40/h1-10,14H,11-13,15-16H2,(H,36,37). The van der Waals surface area contributed by atoms with Gasteiger partial charge in [-0.3, -0.25) is 0 Å². The lowest BCUT2D eigenvalue weighted by atomic mass is 10.1. The van der Waals surface area contributed by atoms with E-state index in [1.54, 1.807) is 30.5 Å². The molecule has 1 N–H and O–H groups in total. The number of aromatic nitrogens is 5. The zero-order valence-corrected chi connectivity index (χ0v) is 22.8. The predicted molar refractivity (Wildman–Crippen MR) is 147 cm³/mol. The van der Waals surface area contributed by atoms with E-state index in [2.05, 4.69) is 15.0 Å². The van der Waals surface area contributed by atoms with E-state index in [1.165, 1.54) is 12.1 Å². The Labute approximate surface area is 235 Å². The number of rotatable bonds is 9. The van der Waals surface area contributed by atoms with Crippen molar-refractivity contribution in [1.29, 1.82) is 0 Å². The maximum atomic E-state index is 14.1. The molecule has 1 fully saturated rings. The van der Waals surface area contributed by atoms with Crippen LogP contribution in [0, 0.1) is 5.82 Å². The molecule has 5 aromatic rings. The number of fused-ring (bicyclic) bond motifs is 1. The van der Waals surface area contributed by atoms with Crippen molar-refractivity contribution in [2.75, 3.05) is 6.61 Å². The summed E-state index contributed by atoms with van der Waals surface area (Å²) in [5.74, 6) is 0.0868. The molecule has 2 aromatic carbocycles. The Bertz CT molecular complexity index is 1710. The molecule has 0 atom stereocenters. The number of imidazole rings is 1. The normalized spacial score (nSPS) is 13.3. The molecular weight excluding hydrogens is 553 g/mol. The monoisotopic (exact) mass is 574 g/mol. The lowest BCUT2D eigenvalue weighted by Crippen LogP contribution is -2.36. The van der Waals surface area contributed by atoms with Crippen molar-refractivity contribution in [2.24, 2.45) is 0 Å². The van der Waals surface area contributed by atoms with Gasteiger partial charge < -0.3 is 18.8 Å². The molecule has 3 aromatic heterocycles. The lowest BCUT2D eigenvalue weighted by molar-refractivity contribution is 0.0691. The molecule has 0 aliphatic carbocycles. The van der Waals surface area contributed by atoms with Gasteiger partial charge in [0.2, 0.25) is 14.9 Å². The molecule has 0 unspecified atom stereocenters. The summed E-state index contributed by atoms with van der Waals surface area (Å²) in [5.41, 5.74) is 3.38. The fraction of sp³-hybridized carbons (Fsp3) is 0.179. The summed E-state index contributed by atoms with van der Waals surface area (Å²) in [4.78, 5) is 29.4. The average Bonchev–Trinajstić information content (AvgIpc) is 3.26. The van der Waals surface area contributed by atoms with E-state index in [4.69, 9.17) is 25.7 Å². The summed E-state index contributed by atoms with van der Waals surface area (Å²) in [6.45, 7) is 0.772. The molecule has 201 valence electrons. The van der Waals surface area contributed by atoms with Crippen LogP contribution in [0.1, 0.15) is 27.4 Å². The van der Waals surface area contributed by atoms with Crippen molar-refractivity contribution in [3.8, 4) is 17.3 Å². The summed E-state index contributed by atoms with van der Waals surface area (Å²) in [5, 5.41) is 9.73. The van der Waals surface area contributed by atoms with Crippen LogP contribution in [0.3, 0.4) is 0 Å². The third-order valence-corrected chi connectivity index (χ3v) is 8.79. The smallest absolute Gasteiger partial charge is 0.354 e. The summed E-state index contributed by atoms with van der Waals surface area (Å²) in [7, 11) is -1.000. The number of nitrogens with zero attached hydrogens (tertiary/aromatic N) is 5. The van der Waals surface area contributed by atoms with Crippen LogP contribution >= 0.6 is 11.6 Å². The van der Waals surface area contributed by atoms with Gasteiger partial charge in [-0.25, -0.2) is 24.1 Å². The fourth-order valence-electron chi connectivity index (χ4n) is 4.32. The van der Waals surface area contributed by atoms with Crippen molar-refractivity contribution in [1.82, 2.24) is 24.5 Å². The van der Waals surface area contributed by atoms with Gasteiger partial charge in [0.1, 0.15) is 23.8 Å². The van der Waals surface area contributed by atoms with Gasteiger partial charge in [0.25, 0.3) is 0 Å². The molecule has 0 saturated carbocycles. The third-order valence-electron chi connectivity index (χ3n) is 6.51. The first-order valence-corrected chi connectivity index (χ1v) is 14.7. The fourth-order valence-corrected chi connectivity index (χ4v) is 5.91. The van der Waals surface area contributed by atoms with E-state index in [1.807, 2.05) is 28.8 Å². The molecule has 1 aliphatic rings. The Kier molecular flexibility index (Phi) is 7.24. The van der Waals surface area contributed by atoms with Crippen LogP contribution < -0.4 is 4.74 Å². The summed E-state index contributed by atoms with van der Waals surface area (Å²) < 4.78 is 27.5. The highest BCUT2D eigenvalue weighted by Crippen LogP contribution is 2.24. The van der Waals surface area contributed by atoms with Crippen molar-refractivity contribution < 1.29 is 23.5 Å². The van der Waals surface area contributed by atoms with Gasteiger partial charge in [0.05, 0.1) is 0 Å². The zero-order chi connectivity index (χ0) is 27.6. The van der Waals surface area contributed by atoms with Gasteiger partial charge in [-0.1, -0.05) is 41.9 Å². The predicted octanol–water partition coefficient (Wildman–Crippen LogP) is 5.11. The third kappa shape index (κ3) is 5.57. The second kappa shape index (κ2) is 11.1. The molecule has 6 rings (SSSR count). The molecule has 4 heterocycles. The van der Waals surface area contributed by atoms with Gasteiger partial charge in [0.15, 0.2) is 17.2 Å². The maximum Gasteiger partial charge on any atom is 0.354 e. The number of aromatic carboxylic acids is 1. The highest BCUT2D eigenvalue weighted by molar-refractivity contribution is 6.53. The first-order valence-electron chi connectivity index (χ1n) is 12.5. The van der Waals surface area contributed by atoms with Gasteiger partial charge in [-0.15, -0.1) is 0 Å². The number of halogens is 2. The maximum absolute atomic E-state index is 14.1. The minimum atomic E-state index is -1.07. The van der Waals surface area contributed by atoms with Crippen LogP contribution in [0.4, 0.5) is 4.39 Å². The largest absolute Gasteiger partial charge is 0.477 e. The number of hydrogen-bond acceptors (Lipinski definition) is 7. The number of pyridine rings is 1. The van der Waals surface area contributed by atoms with Gasteiger partial charge in [-0.2, -0.15) is 4.98 Å². The van der Waals surface area contributed by atoms with Crippen molar-refractivity contribution in [3.63, 3.8) is 0 Å². The molecule has 40 heavy (non-hydrogen) atoms. The van der Waals surface area contributed by atoms with E-state index in [-0.39, 0.29) is 12.3 Å². The number of carboxylic acid groups (broad SMARTS) is 1. The van der Waals surface area contributed by atoms with E-state index < -0.39 is 20.8 Å².